The van der Waals surface area contributed by atoms with E-state index in [4.69, 9.17) is 0 Å². The molecule has 0 fully saturated rings. The molecule has 0 N–H and O–H groups in total. The summed E-state index contributed by atoms with van der Waals surface area (Å²) >= 11 is 0. The zero-order valence-electron chi connectivity index (χ0n) is 9.33. The third kappa shape index (κ3) is 2.78. The van der Waals surface area contributed by atoms with Crippen molar-refractivity contribution in [3.05, 3.63) is 30.1 Å². The van der Waals surface area contributed by atoms with E-state index in [0.717, 1.165) is 0 Å². The Bertz CT molecular complexity index is 349. The summed E-state index contributed by atoms with van der Waals surface area (Å²) in [7, 11) is 0. The summed E-state index contributed by atoms with van der Waals surface area (Å²) in [6, 6.07) is 6.16. The maximum atomic E-state index is 13.0. The van der Waals surface area contributed by atoms with Gasteiger partial charge in [0, 0.05) is 18.2 Å². The highest BCUT2D eigenvalue weighted by Gasteiger charge is 2.17. The fourth-order valence-corrected chi connectivity index (χ4v) is 1.53. The molecule has 82 valence electrons. The minimum absolute atomic E-state index is 0.00981. The third-order valence-electron chi connectivity index (χ3n) is 2.17. The van der Waals surface area contributed by atoms with Crippen molar-refractivity contribution in [1.29, 1.82) is 0 Å². The minimum atomic E-state index is -0.318. The van der Waals surface area contributed by atoms with Crippen LogP contribution in [0, 0.1) is 5.82 Å². The van der Waals surface area contributed by atoms with Crippen LogP contribution in [0.1, 0.15) is 27.2 Å². The number of benzene rings is 1. The average Bonchev–Trinajstić information content (AvgIpc) is 2.17. The molecule has 0 aromatic heterocycles. The van der Waals surface area contributed by atoms with Gasteiger partial charge in [-0.1, -0.05) is 13.0 Å². The summed E-state index contributed by atoms with van der Waals surface area (Å²) in [6.45, 7) is 5.63. The molecule has 0 heterocycles. The Hall–Kier alpha value is -1.38. The maximum Gasteiger partial charge on any atom is 0.226 e. The van der Waals surface area contributed by atoms with Gasteiger partial charge in [-0.3, -0.25) is 4.79 Å². The predicted molar refractivity (Wildman–Crippen MR) is 59.3 cm³/mol. The Balaban J connectivity index is 3.04. The molecule has 0 unspecified atom stereocenters. The largest absolute Gasteiger partial charge is 0.310 e. The third-order valence-corrected chi connectivity index (χ3v) is 2.17. The Kier molecular flexibility index (Phi) is 3.83. The predicted octanol–water partition coefficient (Wildman–Crippen LogP) is 2.98. The summed E-state index contributed by atoms with van der Waals surface area (Å²) in [4.78, 5) is 13.3. The van der Waals surface area contributed by atoms with E-state index >= 15 is 0 Å². The van der Waals surface area contributed by atoms with Crippen LogP contribution in [-0.4, -0.2) is 11.9 Å². The second kappa shape index (κ2) is 4.91. The van der Waals surface area contributed by atoms with Gasteiger partial charge in [-0.2, -0.15) is 0 Å². The molecular weight excluding hydrogens is 193 g/mol. The molecule has 15 heavy (non-hydrogen) atoms. The van der Waals surface area contributed by atoms with Crippen LogP contribution in [0.15, 0.2) is 24.3 Å². The lowest BCUT2D eigenvalue weighted by atomic mass is 10.2. The standard InChI is InChI=1S/C12H16FNO/c1-4-12(15)14(9(2)3)11-7-5-6-10(13)8-11/h5-9H,4H2,1-3H3. The number of amides is 1. The fourth-order valence-electron chi connectivity index (χ4n) is 1.53. The Morgan fingerprint density at radius 1 is 1.47 bits per heavy atom. The molecule has 0 saturated carbocycles. The number of anilines is 1. The van der Waals surface area contributed by atoms with Crippen molar-refractivity contribution < 1.29 is 9.18 Å². The molecule has 0 spiro atoms. The van der Waals surface area contributed by atoms with Crippen LogP contribution in [-0.2, 0) is 4.79 Å². The number of rotatable bonds is 3. The average molecular weight is 209 g/mol. The van der Waals surface area contributed by atoms with E-state index in [2.05, 4.69) is 0 Å². The highest BCUT2D eigenvalue weighted by molar-refractivity contribution is 5.93. The lowest BCUT2D eigenvalue weighted by Crippen LogP contribution is -2.36. The van der Waals surface area contributed by atoms with Crippen molar-refractivity contribution in [2.45, 2.75) is 33.2 Å². The number of nitrogens with zero attached hydrogens (tertiary/aromatic N) is 1. The Labute approximate surface area is 89.7 Å². The number of carbonyl (C=O) groups is 1. The van der Waals surface area contributed by atoms with E-state index in [0.29, 0.717) is 12.1 Å². The van der Waals surface area contributed by atoms with Crippen molar-refractivity contribution >= 4 is 11.6 Å². The molecule has 0 saturated heterocycles. The van der Waals surface area contributed by atoms with Crippen LogP contribution >= 0.6 is 0 Å². The molecule has 1 rings (SSSR count). The smallest absolute Gasteiger partial charge is 0.226 e. The molecule has 0 aliphatic heterocycles. The van der Waals surface area contributed by atoms with Crippen LogP contribution in [0.25, 0.3) is 0 Å². The Morgan fingerprint density at radius 3 is 2.60 bits per heavy atom. The van der Waals surface area contributed by atoms with Crippen molar-refractivity contribution in [1.82, 2.24) is 0 Å². The van der Waals surface area contributed by atoms with Crippen LogP contribution in [0.4, 0.5) is 10.1 Å². The lowest BCUT2D eigenvalue weighted by Gasteiger charge is -2.26. The summed E-state index contributed by atoms with van der Waals surface area (Å²) in [5.41, 5.74) is 0.622. The quantitative estimate of drug-likeness (QED) is 0.749. The molecular formula is C12H16FNO. The zero-order valence-corrected chi connectivity index (χ0v) is 9.33. The van der Waals surface area contributed by atoms with E-state index < -0.39 is 0 Å². The summed E-state index contributed by atoms with van der Waals surface area (Å²) in [5.74, 6) is -0.308. The van der Waals surface area contributed by atoms with E-state index in [9.17, 15) is 9.18 Å². The number of carbonyl (C=O) groups excluding carboxylic acids is 1. The minimum Gasteiger partial charge on any atom is -0.310 e. The van der Waals surface area contributed by atoms with Crippen molar-refractivity contribution in [3.63, 3.8) is 0 Å². The van der Waals surface area contributed by atoms with Crippen molar-refractivity contribution in [2.75, 3.05) is 4.90 Å². The van der Waals surface area contributed by atoms with Crippen LogP contribution in [0.3, 0.4) is 0 Å². The first kappa shape index (κ1) is 11.7. The topological polar surface area (TPSA) is 20.3 Å². The van der Waals surface area contributed by atoms with Gasteiger partial charge in [0.05, 0.1) is 0 Å². The SMILES string of the molecule is CCC(=O)N(c1cccc(F)c1)C(C)C. The summed E-state index contributed by atoms with van der Waals surface area (Å²) in [6.07, 6.45) is 0.425. The van der Waals surface area contributed by atoms with Gasteiger partial charge in [0.15, 0.2) is 0 Å². The molecule has 1 aromatic rings. The van der Waals surface area contributed by atoms with E-state index in [1.165, 1.54) is 12.1 Å². The highest BCUT2D eigenvalue weighted by Crippen LogP contribution is 2.19. The number of halogens is 1. The fraction of sp³-hybridized carbons (Fsp3) is 0.417. The molecule has 0 bridgehead atoms. The highest BCUT2D eigenvalue weighted by atomic mass is 19.1. The zero-order chi connectivity index (χ0) is 11.4. The van der Waals surface area contributed by atoms with Crippen LogP contribution in [0.5, 0.6) is 0 Å². The van der Waals surface area contributed by atoms with E-state index in [1.54, 1.807) is 24.0 Å². The van der Waals surface area contributed by atoms with Gasteiger partial charge in [-0.25, -0.2) is 4.39 Å². The van der Waals surface area contributed by atoms with Gasteiger partial charge >= 0.3 is 0 Å². The molecule has 1 aromatic carbocycles. The number of hydrogen-bond donors (Lipinski definition) is 0. The van der Waals surface area contributed by atoms with Crippen LogP contribution in [0.2, 0.25) is 0 Å². The normalized spacial score (nSPS) is 10.5. The molecule has 3 heteroatoms. The first-order chi connectivity index (χ1) is 7.06. The van der Waals surface area contributed by atoms with Gasteiger partial charge in [0.25, 0.3) is 0 Å². The molecule has 1 amide bonds. The second-order valence-corrected chi connectivity index (χ2v) is 3.69. The summed E-state index contributed by atoms with van der Waals surface area (Å²) in [5, 5.41) is 0. The first-order valence-corrected chi connectivity index (χ1v) is 5.14. The Morgan fingerprint density at radius 2 is 2.13 bits per heavy atom. The van der Waals surface area contributed by atoms with Crippen molar-refractivity contribution in [3.8, 4) is 0 Å². The second-order valence-electron chi connectivity index (χ2n) is 3.69. The van der Waals surface area contributed by atoms with Gasteiger partial charge in [0.1, 0.15) is 5.82 Å². The van der Waals surface area contributed by atoms with Gasteiger partial charge in [-0.05, 0) is 32.0 Å². The lowest BCUT2D eigenvalue weighted by molar-refractivity contribution is -0.118. The van der Waals surface area contributed by atoms with Gasteiger partial charge in [0.2, 0.25) is 5.91 Å². The number of hydrogen-bond acceptors (Lipinski definition) is 1. The first-order valence-electron chi connectivity index (χ1n) is 5.14. The molecule has 0 aliphatic rings. The van der Waals surface area contributed by atoms with Gasteiger partial charge < -0.3 is 4.90 Å². The van der Waals surface area contributed by atoms with E-state index in [1.807, 2.05) is 13.8 Å². The molecule has 2 nitrogen and oxygen atoms in total. The maximum absolute atomic E-state index is 13.0. The molecule has 0 aliphatic carbocycles. The molecule has 0 atom stereocenters. The van der Waals surface area contributed by atoms with E-state index in [-0.39, 0.29) is 17.8 Å². The van der Waals surface area contributed by atoms with Gasteiger partial charge in [-0.15, -0.1) is 0 Å². The van der Waals surface area contributed by atoms with Crippen LogP contribution < -0.4 is 4.90 Å². The van der Waals surface area contributed by atoms with Crippen molar-refractivity contribution in [2.24, 2.45) is 0 Å². The molecule has 0 radical (unpaired) electrons. The summed E-state index contributed by atoms with van der Waals surface area (Å²) < 4.78 is 13.0. The monoisotopic (exact) mass is 209 g/mol.